The van der Waals surface area contributed by atoms with Gasteiger partial charge in [0.25, 0.3) is 0 Å². The van der Waals surface area contributed by atoms with Gasteiger partial charge in [-0.15, -0.1) is 0 Å². The zero-order chi connectivity index (χ0) is 13.3. The molecule has 1 aromatic heterocycles. The number of hydrogen-bond donors (Lipinski definition) is 1. The lowest BCUT2D eigenvalue weighted by atomic mass is 9.77. The van der Waals surface area contributed by atoms with E-state index in [1.165, 1.54) is 0 Å². The standard InChI is InChI=1S/C14H17N3O2/c1-18-11-6-3-2-5-10(11)9-12-16-13(17-19-12)14(15)7-4-8-14/h2-3,5-6H,4,7-9,15H2,1H3. The fraction of sp³-hybridized carbons (Fsp3) is 0.429. The van der Waals surface area contributed by atoms with Crippen LogP contribution in [0.2, 0.25) is 0 Å². The third-order valence-electron chi connectivity index (χ3n) is 3.69. The Labute approximate surface area is 111 Å². The lowest BCUT2D eigenvalue weighted by molar-refractivity contribution is 0.229. The first kappa shape index (κ1) is 12.2. The van der Waals surface area contributed by atoms with E-state index in [-0.39, 0.29) is 5.54 Å². The number of methoxy groups -OCH3 is 1. The van der Waals surface area contributed by atoms with Crippen LogP contribution < -0.4 is 10.5 Å². The van der Waals surface area contributed by atoms with Crippen molar-refractivity contribution in [1.82, 2.24) is 10.1 Å². The molecule has 0 bridgehead atoms. The van der Waals surface area contributed by atoms with Crippen LogP contribution in [0.1, 0.15) is 36.5 Å². The summed E-state index contributed by atoms with van der Waals surface area (Å²) in [5.41, 5.74) is 6.83. The maximum absolute atomic E-state index is 6.18. The predicted molar refractivity (Wildman–Crippen MR) is 69.8 cm³/mol. The van der Waals surface area contributed by atoms with Gasteiger partial charge in [0.1, 0.15) is 5.75 Å². The number of nitrogens with zero attached hydrogens (tertiary/aromatic N) is 2. The van der Waals surface area contributed by atoms with Crippen molar-refractivity contribution in [2.24, 2.45) is 5.73 Å². The number of benzene rings is 1. The molecule has 0 atom stereocenters. The van der Waals surface area contributed by atoms with Gasteiger partial charge in [0, 0.05) is 5.56 Å². The third-order valence-corrected chi connectivity index (χ3v) is 3.69. The molecule has 0 radical (unpaired) electrons. The van der Waals surface area contributed by atoms with E-state index < -0.39 is 0 Å². The van der Waals surface area contributed by atoms with Crippen molar-refractivity contribution < 1.29 is 9.26 Å². The lowest BCUT2D eigenvalue weighted by Crippen LogP contribution is -2.44. The van der Waals surface area contributed by atoms with Crippen LogP contribution in [-0.2, 0) is 12.0 Å². The molecule has 1 aliphatic carbocycles. The number of rotatable bonds is 4. The molecular formula is C14H17N3O2. The van der Waals surface area contributed by atoms with Gasteiger partial charge in [-0.25, -0.2) is 0 Å². The van der Waals surface area contributed by atoms with E-state index in [4.69, 9.17) is 15.0 Å². The van der Waals surface area contributed by atoms with E-state index in [1.807, 2.05) is 24.3 Å². The molecule has 1 heterocycles. The Hall–Kier alpha value is -1.88. The minimum absolute atomic E-state index is 0.372. The van der Waals surface area contributed by atoms with Crippen LogP contribution in [0.4, 0.5) is 0 Å². The van der Waals surface area contributed by atoms with Crippen molar-refractivity contribution in [2.45, 2.75) is 31.2 Å². The molecule has 3 rings (SSSR count). The molecule has 2 aromatic rings. The Balaban J connectivity index is 1.80. The zero-order valence-electron chi connectivity index (χ0n) is 10.9. The van der Waals surface area contributed by atoms with Crippen molar-refractivity contribution in [3.8, 4) is 5.75 Å². The molecule has 100 valence electrons. The summed E-state index contributed by atoms with van der Waals surface area (Å²) in [6, 6.07) is 7.81. The molecule has 0 spiro atoms. The van der Waals surface area contributed by atoms with E-state index in [1.54, 1.807) is 7.11 Å². The van der Waals surface area contributed by atoms with Gasteiger partial charge in [0.05, 0.1) is 19.1 Å². The number of hydrogen-bond acceptors (Lipinski definition) is 5. The quantitative estimate of drug-likeness (QED) is 0.909. The topological polar surface area (TPSA) is 74.2 Å². The molecule has 0 unspecified atom stereocenters. The van der Waals surface area contributed by atoms with Gasteiger partial charge < -0.3 is 15.0 Å². The van der Waals surface area contributed by atoms with E-state index in [9.17, 15) is 0 Å². The van der Waals surface area contributed by atoms with Gasteiger partial charge >= 0.3 is 0 Å². The molecule has 0 saturated heterocycles. The van der Waals surface area contributed by atoms with Crippen LogP contribution in [0, 0.1) is 0 Å². The van der Waals surface area contributed by atoms with Gasteiger partial charge in [-0.05, 0) is 25.3 Å². The molecule has 1 fully saturated rings. The van der Waals surface area contributed by atoms with Crippen molar-refractivity contribution in [3.05, 3.63) is 41.5 Å². The van der Waals surface area contributed by atoms with Crippen LogP contribution in [-0.4, -0.2) is 17.3 Å². The first-order valence-corrected chi connectivity index (χ1v) is 6.45. The monoisotopic (exact) mass is 259 g/mol. The average Bonchev–Trinajstić information content (AvgIpc) is 2.85. The van der Waals surface area contributed by atoms with Crippen LogP contribution >= 0.6 is 0 Å². The summed E-state index contributed by atoms with van der Waals surface area (Å²) in [4.78, 5) is 4.42. The van der Waals surface area contributed by atoms with Gasteiger partial charge in [-0.1, -0.05) is 23.4 Å². The summed E-state index contributed by atoms with van der Waals surface area (Å²) in [6.45, 7) is 0. The average molecular weight is 259 g/mol. The Morgan fingerprint density at radius 3 is 2.84 bits per heavy atom. The Morgan fingerprint density at radius 1 is 1.37 bits per heavy atom. The fourth-order valence-electron chi connectivity index (χ4n) is 2.32. The van der Waals surface area contributed by atoms with Crippen LogP contribution in [0.5, 0.6) is 5.75 Å². The molecule has 5 nitrogen and oxygen atoms in total. The molecule has 0 amide bonds. The fourth-order valence-corrected chi connectivity index (χ4v) is 2.32. The molecule has 1 saturated carbocycles. The second-order valence-electron chi connectivity index (χ2n) is 5.01. The minimum atomic E-state index is -0.372. The SMILES string of the molecule is COc1ccccc1Cc1nc(C2(N)CCC2)no1. The summed E-state index contributed by atoms with van der Waals surface area (Å²) in [5, 5.41) is 4.01. The summed E-state index contributed by atoms with van der Waals surface area (Å²) >= 11 is 0. The van der Waals surface area contributed by atoms with Gasteiger partial charge in [0.15, 0.2) is 5.82 Å². The summed E-state index contributed by atoms with van der Waals surface area (Å²) in [6.07, 6.45) is 3.56. The van der Waals surface area contributed by atoms with Crippen molar-refractivity contribution in [3.63, 3.8) is 0 Å². The van der Waals surface area contributed by atoms with Crippen molar-refractivity contribution >= 4 is 0 Å². The largest absolute Gasteiger partial charge is 0.496 e. The molecule has 2 N–H and O–H groups in total. The van der Waals surface area contributed by atoms with Gasteiger partial charge in [-0.2, -0.15) is 4.98 Å². The van der Waals surface area contributed by atoms with Crippen LogP contribution in [0.25, 0.3) is 0 Å². The lowest BCUT2D eigenvalue weighted by Gasteiger charge is -2.34. The van der Waals surface area contributed by atoms with E-state index in [0.29, 0.717) is 18.1 Å². The first-order valence-electron chi connectivity index (χ1n) is 6.45. The molecule has 1 aromatic carbocycles. The predicted octanol–water partition coefficient (Wildman–Crippen LogP) is 2.01. The maximum Gasteiger partial charge on any atom is 0.231 e. The van der Waals surface area contributed by atoms with E-state index in [0.717, 1.165) is 30.6 Å². The highest BCUT2D eigenvalue weighted by molar-refractivity contribution is 5.35. The molecule has 0 aliphatic heterocycles. The Morgan fingerprint density at radius 2 is 2.16 bits per heavy atom. The van der Waals surface area contributed by atoms with Crippen LogP contribution in [0.3, 0.4) is 0 Å². The molecule has 5 heteroatoms. The smallest absolute Gasteiger partial charge is 0.231 e. The maximum atomic E-state index is 6.18. The summed E-state index contributed by atoms with van der Waals surface area (Å²) in [7, 11) is 1.65. The van der Waals surface area contributed by atoms with Crippen LogP contribution in [0.15, 0.2) is 28.8 Å². The van der Waals surface area contributed by atoms with Gasteiger partial charge in [-0.3, -0.25) is 0 Å². The normalized spacial score (nSPS) is 16.9. The highest BCUT2D eigenvalue weighted by Crippen LogP contribution is 2.37. The summed E-state index contributed by atoms with van der Waals surface area (Å²) < 4.78 is 10.6. The zero-order valence-corrected chi connectivity index (χ0v) is 10.9. The van der Waals surface area contributed by atoms with E-state index in [2.05, 4.69) is 10.1 Å². The number of ether oxygens (including phenoxy) is 1. The Bertz CT molecular complexity index is 576. The molecule has 1 aliphatic rings. The molecular weight excluding hydrogens is 242 g/mol. The summed E-state index contributed by atoms with van der Waals surface area (Å²) in [5.74, 6) is 2.04. The van der Waals surface area contributed by atoms with Crippen molar-refractivity contribution in [2.75, 3.05) is 7.11 Å². The second kappa shape index (κ2) is 4.66. The first-order chi connectivity index (χ1) is 9.21. The van der Waals surface area contributed by atoms with E-state index >= 15 is 0 Å². The highest BCUT2D eigenvalue weighted by Gasteiger charge is 2.38. The second-order valence-corrected chi connectivity index (χ2v) is 5.01. The van der Waals surface area contributed by atoms with Crippen molar-refractivity contribution in [1.29, 1.82) is 0 Å². The minimum Gasteiger partial charge on any atom is -0.496 e. The highest BCUT2D eigenvalue weighted by atomic mass is 16.5. The number of aromatic nitrogens is 2. The Kier molecular flexibility index (Phi) is 2.98. The number of para-hydroxylation sites is 1. The third kappa shape index (κ3) is 2.21. The van der Waals surface area contributed by atoms with Gasteiger partial charge in [0.2, 0.25) is 5.89 Å². The number of nitrogens with two attached hydrogens (primary N) is 1. The molecule has 19 heavy (non-hydrogen) atoms.